The second kappa shape index (κ2) is 13.2. The highest BCUT2D eigenvalue weighted by atomic mass is 35.5. The molecule has 1 aliphatic heterocycles. The lowest BCUT2D eigenvalue weighted by Crippen LogP contribution is -2.30. The number of carbonyl (C=O) groups excluding carboxylic acids is 3. The van der Waals surface area contributed by atoms with Gasteiger partial charge in [-0.2, -0.15) is 0 Å². The van der Waals surface area contributed by atoms with Gasteiger partial charge in [-0.1, -0.05) is 31.5 Å². The Morgan fingerprint density at radius 3 is 2.54 bits per heavy atom. The number of aryl methyl sites for hydroxylation is 1. The maximum Gasteiger partial charge on any atom is 0.256 e. The minimum absolute atomic E-state index is 0.128. The number of ether oxygens (including phenoxy) is 1. The Hall–Kier alpha value is -3.82. The quantitative estimate of drug-likeness (QED) is 0.218. The van der Waals surface area contributed by atoms with E-state index in [-0.39, 0.29) is 17.7 Å². The average molecular weight is 580 g/mol. The van der Waals surface area contributed by atoms with Gasteiger partial charge < -0.3 is 30.6 Å². The molecule has 0 saturated heterocycles. The Labute approximate surface area is 246 Å². The number of aromatic amines is 1. The first-order valence-corrected chi connectivity index (χ1v) is 14.3. The average Bonchev–Trinajstić information content (AvgIpc) is 3.42. The van der Waals surface area contributed by atoms with E-state index >= 15 is 0 Å². The third kappa shape index (κ3) is 6.57. The molecule has 3 amide bonds. The molecule has 1 atom stereocenters. The molecule has 0 radical (unpaired) electrons. The van der Waals surface area contributed by atoms with Crippen LogP contribution < -0.4 is 20.7 Å². The highest BCUT2D eigenvalue weighted by Crippen LogP contribution is 2.38. The second-order valence-corrected chi connectivity index (χ2v) is 10.6. The number of aromatic nitrogens is 1. The van der Waals surface area contributed by atoms with Crippen molar-refractivity contribution in [2.45, 2.75) is 46.5 Å². The third-order valence-corrected chi connectivity index (χ3v) is 7.99. The van der Waals surface area contributed by atoms with E-state index < -0.39 is 5.92 Å². The number of hydrogen-bond acceptors (Lipinski definition) is 5. The van der Waals surface area contributed by atoms with Gasteiger partial charge in [0.2, 0.25) is 5.91 Å². The fourth-order valence-electron chi connectivity index (χ4n) is 5.43. The molecule has 218 valence electrons. The van der Waals surface area contributed by atoms with E-state index in [4.69, 9.17) is 16.3 Å². The zero-order valence-corrected chi connectivity index (χ0v) is 25.0. The molecule has 1 unspecified atom stereocenters. The summed E-state index contributed by atoms with van der Waals surface area (Å²) in [4.78, 5) is 45.2. The molecule has 0 fully saturated rings. The van der Waals surface area contributed by atoms with Crippen molar-refractivity contribution in [3.63, 3.8) is 0 Å². The molecule has 4 N–H and O–H groups in total. The Morgan fingerprint density at radius 1 is 1.10 bits per heavy atom. The minimum Gasteiger partial charge on any atom is -0.495 e. The van der Waals surface area contributed by atoms with E-state index in [0.29, 0.717) is 51.8 Å². The summed E-state index contributed by atoms with van der Waals surface area (Å²) in [5.41, 5.74) is 5.08. The molecule has 0 spiro atoms. The summed E-state index contributed by atoms with van der Waals surface area (Å²) in [6.45, 7) is 11.5. The predicted molar refractivity (Wildman–Crippen MR) is 162 cm³/mol. The molecule has 0 aliphatic carbocycles. The van der Waals surface area contributed by atoms with Crippen LogP contribution in [0.5, 0.6) is 5.75 Å². The van der Waals surface area contributed by atoms with Gasteiger partial charge in [0, 0.05) is 46.9 Å². The number of methoxy groups -OCH3 is 1. The van der Waals surface area contributed by atoms with Gasteiger partial charge in [0.15, 0.2) is 0 Å². The second-order valence-electron chi connectivity index (χ2n) is 10.2. The van der Waals surface area contributed by atoms with Gasteiger partial charge in [0.25, 0.3) is 11.8 Å². The summed E-state index contributed by atoms with van der Waals surface area (Å²) in [5.74, 6) is -0.773. The van der Waals surface area contributed by atoms with Crippen LogP contribution >= 0.6 is 11.6 Å². The van der Waals surface area contributed by atoms with Crippen LogP contribution in [0.15, 0.2) is 36.4 Å². The van der Waals surface area contributed by atoms with Crippen molar-refractivity contribution in [1.82, 2.24) is 15.2 Å². The van der Waals surface area contributed by atoms with E-state index in [0.717, 1.165) is 43.0 Å². The van der Waals surface area contributed by atoms with Gasteiger partial charge in [-0.15, -0.1) is 0 Å². The molecule has 1 aliphatic rings. The van der Waals surface area contributed by atoms with Crippen molar-refractivity contribution >= 4 is 40.7 Å². The monoisotopic (exact) mass is 579 g/mol. The molecule has 2 heterocycles. The first-order valence-electron chi connectivity index (χ1n) is 14.0. The van der Waals surface area contributed by atoms with Crippen LogP contribution in [0, 0.1) is 13.8 Å². The lowest BCUT2D eigenvalue weighted by atomic mass is 9.90. The number of benzene rings is 2. The molecule has 4 rings (SSSR count). The summed E-state index contributed by atoms with van der Waals surface area (Å²) < 4.78 is 5.19. The zero-order valence-electron chi connectivity index (χ0n) is 24.2. The number of carbonyl (C=O) groups is 3. The topological polar surface area (TPSA) is 116 Å². The standard InChI is InChI=1S/C31H38ClN5O4/c1-6-37(7-2)15-9-14-33-31(40)27-18(3)25(34-19(27)4)17-22-28-21(10-8-11-24(28)36-30(22)39)29(38)35-20-12-13-26(41-5)23(32)16-20/h8,10-13,16,22,34H,6-7,9,14-15,17H2,1-5H3,(H,33,40)(H,35,38)(H,36,39). The largest absolute Gasteiger partial charge is 0.495 e. The predicted octanol–water partition coefficient (Wildman–Crippen LogP) is 5.29. The maximum absolute atomic E-state index is 13.4. The summed E-state index contributed by atoms with van der Waals surface area (Å²) in [7, 11) is 1.52. The van der Waals surface area contributed by atoms with E-state index in [2.05, 4.69) is 39.7 Å². The van der Waals surface area contributed by atoms with Crippen molar-refractivity contribution in [2.75, 3.05) is 43.9 Å². The minimum atomic E-state index is -0.604. The number of hydrogen-bond donors (Lipinski definition) is 4. The third-order valence-electron chi connectivity index (χ3n) is 7.69. The molecule has 1 aromatic heterocycles. The molecule has 41 heavy (non-hydrogen) atoms. The van der Waals surface area contributed by atoms with Crippen molar-refractivity contribution in [2.24, 2.45) is 0 Å². The first kappa shape index (κ1) is 30.1. The van der Waals surface area contributed by atoms with Crippen LogP contribution in [0.1, 0.15) is 69.4 Å². The highest BCUT2D eigenvalue weighted by Gasteiger charge is 2.35. The molecule has 2 aromatic carbocycles. The molecule has 0 saturated carbocycles. The lowest BCUT2D eigenvalue weighted by molar-refractivity contribution is -0.117. The number of halogens is 1. The van der Waals surface area contributed by atoms with E-state index in [1.807, 2.05) is 13.8 Å². The molecule has 0 bridgehead atoms. The molecular weight excluding hydrogens is 542 g/mol. The van der Waals surface area contributed by atoms with Crippen LogP contribution in [0.3, 0.4) is 0 Å². The molecule has 3 aromatic rings. The van der Waals surface area contributed by atoms with Crippen molar-refractivity contribution in [3.8, 4) is 5.75 Å². The molecular formula is C31H38ClN5O4. The SMILES string of the molecule is CCN(CC)CCCNC(=O)c1c(C)[nH]c(CC2C(=O)Nc3cccc(C(=O)Nc4ccc(OC)c(Cl)c4)c32)c1C. The van der Waals surface area contributed by atoms with Crippen LogP contribution in [0.2, 0.25) is 5.02 Å². The van der Waals surface area contributed by atoms with Gasteiger partial charge in [-0.05, 0) is 75.8 Å². The van der Waals surface area contributed by atoms with Crippen LogP contribution in [0.25, 0.3) is 0 Å². The highest BCUT2D eigenvalue weighted by molar-refractivity contribution is 6.32. The van der Waals surface area contributed by atoms with Crippen LogP contribution in [-0.2, 0) is 11.2 Å². The van der Waals surface area contributed by atoms with Gasteiger partial charge in [0.1, 0.15) is 5.75 Å². The van der Waals surface area contributed by atoms with Gasteiger partial charge >= 0.3 is 0 Å². The van der Waals surface area contributed by atoms with Gasteiger partial charge in [-0.25, -0.2) is 0 Å². The summed E-state index contributed by atoms with van der Waals surface area (Å²) in [6.07, 6.45) is 1.19. The maximum atomic E-state index is 13.4. The number of anilines is 2. The Morgan fingerprint density at radius 2 is 1.85 bits per heavy atom. The molecule has 10 heteroatoms. The Balaban J connectivity index is 1.52. The number of fused-ring (bicyclic) bond motifs is 1. The van der Waals surface area contributed by atoms with Crippen molar-refractivity contribution in [1.29, 1.82) is 0 Å². The van der Waals surface area contributed by atoms with Crippen LogP contribution in [-0.4, -0.2) is 60.9 Å². The molecule has 9 nitrogen and oxygen atoms in total. The van der Waals surface area contributed by atoms with Crippen LogP contribution in [0.4, 0.5) is 11.4 Å². The van der Waals surface area contributed by atoms with Gasteiger partial charge in [0.05, 0.1) is 23.6 Å². The Bertz CT molecular complexity index is 1450. The van der Waals surface area contributed by atoms with Crippen molar-refractivity contribution < 1.29 is 19.1 Å². The van der Waals surface area contributed by atoms with E-state index in [1.54, 1.807) is 36.4 Å². The number of H-pyrrole nitrogens is 1. The first-order chi connectivity index (χ1) is 19.7. The van der Waals surface area contributed by atoms with Crippen molar-refractivity contribution in [3.05, 3.63) is 75.1 Å². The number of rotatable bonds is 12. The zero-order chi connectivity index (χ0) is 29.7. The fraction of sp³-hybridized carbons (Fsp3) is 0.387. The van der Waals surface area contributed by atoms with Gasteiger partial charge in [-0.3, -0.25) is 14.4 Å². The number of nitrogens with zero attached hydrogens (tertiary/aromatic N) is 1. The smallest absolute Gasteiger partial charge is 0.256 e. The number of nitrogens with one attached hydrogen (secondary N) is 4. The van der Waals surface area contributed by atoms with E-state index in [9.17, 15) is 14.4 Å². The summed E-state index contributed by atoms with van der Waals surface area (Å²) in [5, 5.41) is 9.20. The Kier molecular flexibility index (Phi) is 9.73. The summed E-state index contributed by atoms with van der Waals surface area (Å²) >= 11 is 6.23. The van der Waals surface area contributed by atoms with E-state index in [1.165, 1.54) is 7.11 Å². The fourth-order valence-corrected chi connectivity index (χ4v) is 5.69. The lowest BCUT2D eigenvalue weighted by Gasteiger charge is -2.17. The normalized spacial score (nSPS) is 14.1. The number of amides is 3. The summed E-state index contributed by atoms with van der Waals surface area (Å²) in [6, 6.07) is 10.2.